The molecule has 0 spiro atoms. The molecule has 0 heterocycles. The second kappa shape index (κ2) is 5.09. The molecule has 0 saturated carbocycles. The van der Waals surface area contributed by atoms with Crippen LogP contribution < -0.4 is 5.32 Å². The minimum atomic E-state index is -1.23. The van der Waals surface area contributed by atoms with E-state index in [0.717, 1.165) is 0 Å². The van der Waals surface area contributed by atoms with Crippen molar-refractivity contribution in [2.24, 2.45) is 0 Å². The van der Waals surface area contributed by atoms with Crippen LogP contribution in [0.1, 0.15) is 20.3 Å². The number of carbonyl (C=O) groups is 1. The van der Waals surface area contributed by atoms with Gasteiger partial charge in [0.15, 0.2) is 6.10 Å². The molecule has 11 heavy (non-hydrogen) atoms. The maximum atomic E-state index is 10.1. The molecule has 1 atom stereocenters. The summed E-state index contributed by atoms with van der Waals surface area (Å²) in [6, 6.07) is 0.330. The molecule has 0 aromatic rings. The molecule has 66 valence electrons. The molecule has 0 aliphatic rings. The Morgan fingerprint density at radius 3 is 2.45 bits per heavy atom. The summed E-state index contributed by atoms with van der Waals surface area (Å²) in [5, 5.41) is 20.1. The van der Waals surface area contributed by atoms with E-state index in [1.807, 2.05) is 13.8 Å². The fraction of sp³-hybridized carbons (Fsp3) is 0.857. The van der Waals surface area contributed by atoms with E-state index >= 15 is 0 Å². The number of aliphatic hydroxyl groups excluding tert-OH is 1. The fourth-order valence-corrected chi connectivity index (χ4v) is 0.632. The lowest BCUT2D eigenvalue weighted by molar-refractivity contribution is -0.146. The SMILES string of the molecule is CC(C)NCCC(O)C(=O)O. The topological polar surface area (TPSA) is 69.6 Å². The Labute approximate surface area is 66.2 Å². The number of nitrogens with one attached hydrogen (secondary N) is 1. The number of aliphatic hydroxyl groups is 1. The molecular weight excluding hydrogens is 146 g/mol. The van der Waals surface area contributed by atoms with Crippen LogP contribution in [0.5, 0.6) is 0 Å². The smallest absolute Gasteiger partial charge is 0.332 e. The standard InChI is InChI=1S/C7H15NO3/c1-5(2)8-4-3-6(9)7(10)11/h5-6,8-9H,3-4H2,1-2H3,(H,10,11). The number of rotatable bonds is 5. The summed E-state index contributed by atoms with van der Waals surface area (Å²) in [6.45, 7) is 4.46. The van der Waals surface area contributed by atoms with E-state index in [4.69, 9.17) is 10.2 Å². The van der Waals surface area contributed by atoms with Gasteiger partial charge in [-0.2, -0.15) is 0 Å². The summed E-state index contributed by atoms with van der Waals surface area (Å²) in [5.41, 5.74) is 0. The van der Waals surface area contributed by atoms with E-state index in [1.165, 1.54) is 0 Å². The van der Waals surface area contributed by atoms with Crippen LogP contribution in [-0.2, 0) is 4.79 Å². The van der Waals surface area contributed by atoms with Gasteiger partial charge in [-0.15, -0.1) is 0 Å². The maximum absolute atomic E-state index is 10.1. The van der Waals surface area contributed by atoms with Gasteiger partial charge in [-0.05, 0) is 13.0 Å². The van der Waals surface area contributed by atoms with Crippen molar-refractivity contribution in [3.63, 3.8) is 0 Å². The second-order valence-corrected chi connectivity index (χ2v) is 2.75. The Balaban J connectivity index is 3.31. The first-order chi connectivity index (χ1) is 5.04. The van der Waals surface area contributed by atoms with E-state index in [0.29, 0.717) is 12.6 Å². The first kappa shape index (κ1) is 10.4. The van der Waals surface area contributed by atoms with Gasteiger partial charge >= 0.3 is 5.97 Å². The third kappa shape index (κ3) is 5.82. The zero-order chi connectivity index (χ0) is 8.85. The van der Waals surface area contributed by atoms with Gasteiger partial charge in [0.2, 0.25) is 0 Å². The van der Waals surface area contributed by atoms with Gasteiger partial charge in [0.1, 0.15) is 0 Å². The predicted octanol–water partition coefficient (Wildman–Crippen LogP) is -0.180. The minimum Gasteiger partial charge on any atom is -0.479 e. The highest BCUT2D eigenvalue weighted by Gasteiger charge is 2.11. The predicted molar refractivity (Wildman–Crippen MR) is 41.4 cm³/mol. The van der Waals surface area contributed by atoms with Crippen molar-refractivity contribution in [2.75, 3.05) is 6.54 Å². The molecule has 0 aromatic heterocycles. The third-order valence-electron chi connectivity index (χ3n) is 1.26. The van der Waals surface area contributed by atoms with Crippen molar-refractivity contribution in [1.29, 1.82) is 0 Å². The highest BCUT2D eigenvalue weighted by molar-refractivity contribution is 5.71. The highest BCUT2D eigenvalue weighted by Crippen LogP contribution is 1.89. The number of carboxylic acids is 1. The zero-order valence-corrected chi connectivity index (χ0v) is 6.87. The van der Waals surface area contributed by atoms with E-state index in [2.05, 4.69) is 5.32 Å². The van der Waals surface area contributed by atoms with Gasteiger partial charge in [-0.25, -0.2) is 4.79 Å². The van der Waals surface area contributed by atoms with Crippen molar-refractivity contribution in [3.8, 4) is 0 Å². The monoisotopic (exact) mass is 161 g/mol. The van der Waals surface area contributed by atoms with E-state index < -0.39 is 12.1 Å². The maximum Gasteiger partial charge on any atom is 0.332 e. The number of aliphatic carboxylic acids is 1. The number of hydrogen-bond acceptors (Lipinski definition) is 3. The number of hydrogen-bond donors (Lipinski definition) is 3. The van der Waals surface area contributed by atoms with Crippen molar-refractivity contribution < 1.29 is 15.0 Å². The Bertz CT molecular complexity index is 125. The van der Waals surface area contributed by atoms with Crippen LogP contribution in [0, 0.1) is 0 Å². The Morgan fingerprint density at radius 2 is 2.09 bits per heavy atom. The molecule has 4 nitrogen and oxygen atoms in total. The van der Waals surface area contributed by atoms with Gasteiger partial charge in [0.25, 0.3) is 0 Å². The van der Waals surface area contributed by atoms with E-state index in [9.17, 15) is 4.79 Å². The molecule has 0 aromatic carbocycles. The van der Waals surface area contributed by atoms with Crippen LogP contribution in [0.2, 0.25) is 0 Å². The van der Waals surface area contributed by atoms with Crippen molar-refractivity contribution >= 4 is 5.97 Å². The molecule has 0 aliphatic carbocycles. The average Bonchev–Trinajstić information content (AvgIpc) is 1.86. The summed E-state index contributed by atoms with van der Waals surface area (Å²) in [7, 11) is 0. The third-order valence-corrected chi connectivity index (χ3v) is 1.26. The van der Waals surface area contributed by atoms with E-state index in [-0.39, 0.29) is 6.42 Å². The van der Waals surface area contributed by atoms with Crippen LogP contribution in [0.25, 0.3) is 0 Å². The number of carboxylic acid groups (broad SMARTS) is 1. The van der Waals surface area contributed by atoms with E-state index in [1.54, 1.807) is 0 Å². The Hall–Kier alpha value is -0.610. The van der Waals surface area contributed by atoms with Gasteiger partial charge in [-0.1, -0.05) is 13.8 Å². The van der Waals surface area contributed by atoms with Crippen molar-refractivity contribution in [1.82, 2.24) is 5.32 Å². The van der Waals surface area contributed by atoms with Crippen LogP contribution in [0.3, 0.4) is 0 Å². The summed E-state index contributed by atoms with van der Waals surface area (Å²) in [5.74, 6) is -1.16. The summed E-state index contributed by atoms with van der Waals surface area (Å²) in [4.78, 5) is 10.1. The van der Waals surface area contributed by atoms with Gasteiger partial charge in [-0.3, -0.25) is 0 Å². The summed E-state index contributed by atoms with van der Waals surface area (Å²) < 4.78 is 0. The van der Waals surface area contributed by atoms with Gasteiger partial charge < -0.3 is 15.5 Å². The molecule has 0 amide bonds. The van der Waals surface area contributed by atoms with Crippen molar-refractivity contribution in [2.45, 2.75) is 32.4 Å². The molecule has 0 rings (SSSR count). The first-order valence-electron chi connectivity index (χ1n) is 3.68. The minimum absolute atomic E-state index is 0.257. The normalized spacial score (nSPS) is 13.5. The average molecular weight is 161 g/mol. The first-order valence-corrected chi connectivity index (χ1v) is 3.68. The molecule has 0 radical (unpaired) electrons. The molecule has 3 N–H and O–H groups in total. The molecule has 0 saturated heterocycles. The molecule has 0 aliphatic heterocycles. The van der Waals surface area contributed by atoms with Crippen LogP contribution in [0.15, 0.2) is 0 Å². The second-order valence-electron chi connectivity index (χ2n) is 2.75. The quantitative estimate of drug-likeness (QED) is 0.523. The zero-order valence-electron chi connectivity index (χ0n) is 6.87. The Kier molecular flexibility index (Phi) is 4.81. The van der Waals surface area contributed by atoms with Gasteiger partial charge in [0, 0.05) is 6.04 Å². The lowest BCUT2D eigenvalue weighted by atomic mass is 10.2. The van der Waals surface area contributed by atoms with Gasteiger partial charge in [0.05, 0.1) is 0 Å². The molecule has 1 unspecified atom stereocenters. The Morgan fingerprint density at radius 1 is 1.55 bits per heavy atom. The molecule has 4 heteroatoms. The summed E-state index contributed by atoms with van der Waals surface area (Å²) >= 11 is 0. The van der Waals surface area contributed by atoms with Crippen LogP contribution in [-0.4, -0.2) is 34.9 Å². The lowest BCUT2D eigenvalue weighted by Crippen LogP contribution is -2.29. The van der Waals surface area contributed by atoms with Crippen LogP contribution in [0.4, 0.5) is 0 Å². The van der Waals surface area contributed by atoms with Crippen molar-refractivity contribution in [3.05, 3.63) is 0 Å². The summed E-state index contributed by atoms with van der Waals surface area (Å²) in [6.07, 6.45) is -0.978. The highest BCUT2D eigenvalue weighted by atomic mass is 16.4. The largest absolute Gasteiger partial charge is 0.479 e. The molecule has 0 bridgehead atoms. The molecule has 0 fully saturated rings. The fourth-order valence-electron chi connectivity index (χ4n) is 0.632. The van der Waals surface area contributed by atoms with Crippen LogP contribution >= 0.6 is 0 Å². The lowest BCUT2D eigenvalue weighted by Gasteiger charge is -2.08. The molecular formula is C7H15NO3.